The number of halogens is 1. The Balaban J connectivity index is 1.46. The monoisotopic (exact) mass is 622 g/mol. The van der Waals surface area contributed by atoms with Gasteiger partial charge < -0.3 is 34.6 Å². The van der Waals surface area contributed by atoms with Crippen LogP contribution in [0, 0.1) is 5.92 Å². The Morgan fingerprint density at radius 1 is 1.02 bits per heavy atom. The minimum absolute atomic E-state index is 0.0375. The summed E-state index contributed by atoms with van der Waals surface area (Å²) in [5.41, 5.74) is 3.22. The highest BCUT2D eigenvalue weighted by Gasteiger charge is 2.38. The molecule has 2 aliphatic heterocycles. The summed E-state index contributed by atoms with van der Waals surface area (Å²) in [6, 6.07) is 18.7. The fourth-order valence-corrected chi connectivity index (χ4v) is 6.68. The minimum Gasteiger partial charge on any atom is -0.493 e. The van der Waals surface area contributed by atoms with E-state index in [1.807, 2.05) is 86.3 Å². The van der Waals surface area contributed by atoms with Crippen LogP contribution in [0.3, 0.4) is 0 Å². The van der Waals surface area contributed by atoms with Crippen molar-refractivity contribution in [1.29, 1.82) is 0 Å². The third-order valence-electron chi connectivity index (χ3n) is 8.93. The Morgan fingerprint density at radius 3 is 2.27 bits per heavy atom. The van der Waals surface area contributed by atoms with Gasteiger partial charge in [-0.05, 0) is 111 Å². The van der Waals surface area contributed by atoms with Crippen LogP contribution in [0.1, 0.15) is 61.9 Å². The molecule has 3 aromatic rings. The van der Waals surface area contributed by atoms with Crippen LogP contribution in [0.25, 0.3) is 0 Å². The van der Waals surface area contributed by atoms with Gasteiger partial charge in [-0.15, -0.1) is 0 Å². The Kier molecular flexibility index (Phi) is 9.87. The van der Waals surface area contributed by atoms with Crippen molar-refractivity contribution in [3.05, 3.63) is 87.9 Å². The molecule has 2 heterocycles. The van der Waals surface area contributed by atoms with Gasteiger partial charge in [0.2, 0.25) is 5.91 Å². The lowest BCUT2D eigenvalue weighted by molar-refractivity contribution is -0.118. The van der Waals surface area contributed by atoms with Gasteiger partial charge in [-0.25, -0.2) is 0 Å². The van der Waals surface area contributed by atoms with E-state index in [0.717, 1.165) is 53.9 Å². The topological polar surface area (TPSA) is 103 Å². The molecule has 1 fully saturated rings. The molecule has 9 heteroatoms. The SMILES string of the molecule is COc1cc2c(cc1OC(C)C)[C@H](c1ccc(Cl)cc1)N(c1ccc(C(C)(O)C3CCN(CC(O)CO)CC3)cc1)C(=O)C2. The standard InChI is InChI=1S/C35H43ClN2O6/c1-22(2)44-32-19-30-24(17-31(32)43-4)18-33(41)38(34(30)23-5-9-27(36)10-6-23)28-11-7-25(8-12-28)35(3,42)26-13-15-37(16-14-26)20-29(40)21-39/h5-12,17,19,22,26,29,34,39-40,42H,13-16,18,20-21H2,1-4H3/t29?,34-,35?/m0/s1. The average Bonchev–Trinajstić information content (AvgIpc) is 3.01. The lowest BCUT2D eigenvalue weighted by atomic mass is 9.77. The fourth-order valence-electron chi connectivity index (χ4n) is 6.56. The van der Waals surface area contributed by atoms with Gasteiger partial charge in [0, 0.05) is 17.3 Å². The lowest BCUT2D eigenvalue weighted by Gasteiger charge is -2.41. The highest BCUT2D eigenvalue weighted by molar-refractivity contribution is 6.30. The van der Waals surface area contributed by atoms with Gasteiger partial charge in [-0.1, -0.05) is 35.9 Å². The first-order valence-corrected chi connectivity index (χ1v) is 15.7. The van der Waals surface area contributed by atoms with Crippen LogP contribution in [0.5, 0.6) is 11.5 Å². The normalized spacial score (nSPS) is 19.9. The Bertz CT molecular complexity index is 1430. The van der Waals surface area contributed by atoms with E-state index in [4.69, 9.17) is 21.1 Å². The van der Waals surface area contributed by atoms with E-state index in [9.17, 15) is 20.1 Å². The summed E-state index contributed by atoms with van der Waals surface area (Å²) in [7, 11) is 1.60. The van der Waals surface area contributed by atoms with E-state index in [1.165, 1.54) is 0 Å². The van der Waals surface area contributed by atoms with Crippen LogP contribution >= 0.6 is 11.6 Å². The smallest absolute Gasteiger partial charge is 0.232 e. The van der Waals surface area contributed by atoms with Crippen LogP contribution in [-0.2, 0) is 16.8 Å². The van der Waals surface area contributed by atoms with Crippen molar-refractivity contribution in [1.82, 2.24) is 4.90 Å². The van der Waals surface area contributed by atoms with Gasteiger partial charge in [0.1, 0.15) is 0 Å². The van der Waals surface area contributed by atoms with Gasteiger partial charge in [-0.2, -0.15) is 0 Å². The molecule has 0 bridgehead atoms. The van der Waals surface area contributed by atoms with E-state index in [-0.39, 0.29) is 31.0 Å². The largest absolute Gasteiger partial charge is 0.493 e. The number of amides is 1. The molecule has 0 saturated carbocycles. The molecule has 1 amide bonds. The van der Waals surface area contributed by atoms with Gasteiger partial charge in [-0.3, -0.25) is 4.79 Å². The number of ether oxygens (including phenoxy) is 2. The fraction of sp³-hybridized carbons (Fsp3) is 0.457. The molecule has 3 N–H and O–H groups in total. The van der Waals surface area contributed by atoms with E-state index in [2.05, 4.69) is 4.90 Å². The van der Waals surface area contributed by atoms with E-state index in [0.29, 0.717) is 23.1 Å². The first kappa shape index (κ1) is 32.3. The minimum atomic E-state index is -1.06. The highest BCUT2D eigenvalue weighted by atomic mass is 35.5. The maximum Gasteiger partial charge on any atom is 0.232 e. The van der Waals surface area contributed by atoms with Crippen molar-refractivity contribution in [3.8, 4) is 11.5 Å². The second kappa shape index (κ2) is 13.5. The third-order valence-corrected chi connectivity index (χ3v) is 9.18. The number of carbonyl (C=O) groups is 1. The van der Waals surface area contributed by atoms with Crippen molar-refractivity contribution in [2.45, 2.75) is 63.9 Å². The molecule has 5 rings (SSSR count). The zero-order chi connectivity index (χ0) is 31.6. The zero-order valence-corrected chi connectivity index (χ0v) is 26.6. The molecular formula is C35H43ClN2O6. The predicted molar refractivity (Wildman–Crippen MR) is 172 cm³/mol. The Hall–Kier alpha value is -3.14. The number of hydrogen-bond donors (Lipinski definition) is 3. The Labute approximate surface area is 264 Å². The molecule has 8 nitrogen and oxygen atoms in total. The van der Waals surface area contributed by atoms with Crippen LogP contribution < -0.4 is 14.4 Å². The Morgan fingerprint density at radius 2 is 1.68 bits per heavy atom. The number of hydrogen-bond acceptors (Lipinski definition) is 7. The number of piperidine rings is 1. The summed E-state index contributed by atoms with van der Waals surface area (Å²) in [6.07, 6.45) is 0.948. The molecule has 44 heavy (non-hydrogen) atoms. The van der Waals surface area contributed by atoms with E-state index in [1.54, 1.807) is 7.11 Å². The summed E-state index contributed by atoms with van der Waals surface area (Å²) in [4.78, 5) is 17.8. The lowest BCUT2D eigenvalue weighted by Crippen LogP contribution is -2.44. The molecule has 2 unspecified atom stereocenters. The number of methoxy groups -OCH3 is 1. The molecule has 0 aliphatic carbocycles. The van der Waals surface area contributed by atoms with Gasteiger partial charge in [0.15, 0.2) is 11.5 Å². The summed E-state index contributed by atoms with van der Waals surface area (Å²) < 4.78 is 11.7. The number of rotatable bonds is 10. The molecule has 2 aliphatic rings. The maximum absolute atomic E-state index is 13.9. The summed E-state index contributed by atoms with van der Waals surface area (Å²) in [6.45, 7) is 7.45. The first-order chi connectivity index (χ1) is 21.0. The van der Waals surface area contributed by atoms with Gasteiger partial charge >= 0.3 is 0 Å². The van der Waals surface area contributed by atoms with Crippen LogP contribution in [0.15, 0.2) is 60.7 Å². The number of nitrogens with zero attached hydrogens (tertiary/aromatic N) is 2. The van der Waals surface area contributed by atoms with Crippen molar-refractivity contribution >= 4 is 23.2 Å². The number of benzene rings is 3. The molecule has 0 spiro atoms. The summed E-state index contributed by atoms with van der Waals surface area (Å²) in [5.74, 6) is 1.21. The number of β-amino-alcohol motifs (C(OH)–C–C–N with tert-alkyl or cyclic N) is 1. The van der Waals surface area contributed by atoms with Crippen LogP contribution in [-0.4, -0.2) is 71.7 Å². The number of aliphatic hydroxyl groups excluding tert-OH is 2. The van der Waals surface area contributed by atoms with Crippen molar-refractivity contribution in [2.24, 2.45) is 5.92 Å². The van der Waals surface area contributed by atoms with E-state index >= 15 is 0 Å². The molecule has 0 radical (unpaired) electrons. The second-order valence-corrected chi connectivity index (χ2v) is 12.8. The molecule has 236 valence electrons. The number of likely N-dealkylation sites (tertiary alicyclic amines) is 1. The quantitative estimate of drug-likeness (QED) is 0.290. The molecule has 1 saturated heterocycles. The van der Waals surface area contributed by atoms with Crippen molar-refractivity contribution in [3.63, 3.8) is 0 Å². The zero-order valence-electron chi connectivity index (χ0n) is 25.9. The molecule has 3 aromatic carbocycles. The third kappa shape index (κ3) is 6.75. The van der Waals surface area contributed by atoms with Crippen molar-refractivity contribution < 1.29 is 29.6 Å². The summed E-state index contributed by atoms with van der Waals surface area (Å²) in [5, 5.41) is 31.3. The molecular weight excluding hydrogens is 580 g/mol. The maximum atomic E-state index is 13.9. The number of aliphatic hydroxyl groups is 3. The second-order valence-electron chi connectivity index (χ2n) is 12.4. The van der Waals surface area contributed by atoms with Crippen molar-refractivity contribution in [2.75, 3.05) is 38.3 Å². The number of fused-ring (bicyclic) bond motifs is 1. The molecule has 3 atom stereocenters. The first-order valence-electron chi connectivity index (χ1n) is 15.3. The van der Waals surface area contributed by atoms with Gasteiger partial charge in [0.25, 0.3) is 0 Å². The number of carbonyl (C=O) groups excluding carboxylic acids is 1. The van der Waals surface area contributed by atoms with Gasteiger partial charge in [0.05, 0.1) is 44.0 Å². The number of anilines is 1. The van der Waals surface area contributed by atoms with Crippen LogP contribution in [0.4, 0.5) is 5.69 Å². The van der Waals surface area contributed by atoms with Crippen LogP contribution in [0.2, 0.25) is 5.02 Å². The average molecular weight is 623 g/mol. The summed E-state index contributed by atoms with van der Waals surface area (Å²) >= 11 is 6.25. The highest BCUT2D eigenvalue weighted by Crippen LogP contribution is 2.44. The molecule has 0 aromatic heterocycles. The predicted octanol–water partition coefficient (Wildman–Crippen LogP) is 5.09. The van der Waals surface area contributed by atoms with E-state index < -0.39 is 17.7 Å².